The third kappa shape index (κ3) is 5.09. The summed E-state index contributed by atoms with van der Waals surface area (Å²) in [5.41, 5.74) is 1.84. The normalized spacial score (nSPS) is 24.0. The Hall–Kier alpha value is -2.41. The first-order valence-corrected chi connectivity index (χ1v) is 11.3. The summed E-state index contributed by atoms with van der Waals surface area (Å²) in [5.74, 6) is -0.0691. The quantitative estimate of drug-likeness (QED) is 0.751. The number of nitrogens with one attached hydrogen (secondary N) is 1. The smallest absolute Gasteiger partial charge is 0.410 e. The van der Waals surface area contributed by atoms with Crippen LogP contribution in [0.3, 0.4) is 0 Å². The van der Waals surface area contributed by atoms with Crippen LogP contribution in [-0.2, 0) is 14.3 Å². The largest absolute Gasteiger partial charge is 0.444 e. The lowest BCUT2D eigenvalue weighted by atomic mass is 9.85. The summed E-state index contributed by atoms with van der Waals surface area (Å²) in [6.07, 6.45) is 2.76. The van der Waals surface area contributed by atoms with Gasteiger partial charge in [0.05, 0.1) is 5.92 Å². The van der Waals surface area contributed by atoms with Crippen LogP contribution in [0.2, 0.25) is 0 Å². The maximum atomic E-state index is 12.2. The first kappa shape index (κ1) is 21.8. The van der Waals surface area contributed by atoms with E-state index in [1.165, 1.54) is 5.56 Å². The van der Waals surface area contributed by atoms with Gasteiger partial charge in [0.25, 0.3) is 0 Å². The van der Waals surface area contributed by atoms with Crippen molar-refractivity contribution in [3.05, 3.63) is 35.4 Å². The highest BCUT2D eigenvalue weighted by atomic mass is 16.6. The van der Waals surface area contributed by atoms with E-state index in [1.54, 1.807) is 0 Å². The van der Waals surface area contributed by atoms with Crippen molar-refractivity contribution in [3.8, 4) is 0 Å². The molecule has 7 nitrogen and oxygen atoms in total. The van der Waals surface area contributed by atoms with Gasteiger partial charge in [-0.3, -0.25) is 19.8 Å². The molecule has 7 heteroatoms. The van der Waals surface area contributed by atoms with Gasteiger partial charge >= 0.3 is 6.09 Å². The number of rotatable bonds is 3. The highest BCUT2D eigenvalue weighted by Gasteiger charge is 2.36. The van der Waals surface area contributed by atoms with Gasteiger partial charge in [0.2, 0.25) is 11.8 Å². The van der Waals surface area contributed by atoms with E-state index in [0.717, 1.165) is 44.6 Å². The minimum absolute atomic E-state index is 0.177. The van der Waals surface area contributed by atoms with Crippen LogP contribution in [-0.4, -0.2) is 65.5 Å². The zero-order chi connectivity index (χ0) is 22.2. The number of benzene rings is 1. The van der Waals surface area contributed by atoms with Crippen LogP contribution in [0.4, 0.5) is 4.79 Å². The Morgan fingerprint density at radius 2 is 1.61 bits per heavy atom. The Morgan fingerprint density at radius 1 is 1.00 bits per heavy atom. The number of piperidine rings is 2. The molecule has 3 aliphatic heterocycles. The fourth-order valence-electron chi connectivity index (χ4n) is 4.77. The van der Waals surface area contributed by atoms with Gasteiger partial charge in [-0.05, 0) is 51.2 Å². The number of hydrogen-bond acceptors (Lipinski definition) is 5. The first-order valence-electron chi connectivity index (χ1n) is 11.3. The molecular weight excluding hydrogens is 394 g/mol. The maximum Gasteiger partial charge on any atom is 0.410 e. The summed E-state index contributed by atoms with van der Waals surface area (Å²) >= 11 is 0. The number of carbonyl (C=O) groups is 3. The number of amides is 3. The Balaban J connectivity index is 1.24. The van der Waals surface area contributed by atoms with E-state index in [-0.39, 0.29) is 23.8 Å². The van der Waals surface area contributed by atoms with Gasteiger partial charge in [0.1, 0.15) is 5.60 Å². The van der Waals surface area contributed by atoms with Gasteiger partial charge in [0, 0.05) is 44.6 Å². The van der Waals surface area contributed by atoms with E-state index in [4.69, 9.17) is 4.74 Å². The van der Waals surface area contributed by atoms with Crippen LogP contribution in [0.5, 0.6) is 0 Å². The van der Waals surface area contributed by atoms with Crippen molar-refractivity contribution in [2.75, 3.05) is 26.2 Å². The predicted molar refractivity (Wildman–Crippen MR) is 117 cm³/mol. The van der Waals surface area contributed by atoms with E-state index in [2.05, 4.69) is 22.3 Å². The topological polar surface area (TPSA) is 79.0 Å². The first-order chi connectivity index (χ1) is 14.7. The highest BCUT2D eigenvalue weighted by Crippen LogP contribution is 2.33. The third-order valence-corrected chi connectivity index (χ3v) is 6.59. The van der Waals surface area contributed by atoms with Crippen LogP contribution in [0, 0.1) is 0 Å². The molecule has 168 valence electrons. The molecule has 1 unspecified atom stereocenters. The molecule has 4 rings (SSSR count). The molecule has 0 saturated carbocycles. The number of nitrogens with zero attached hydrogens (tertiary/aromatic N) is 2. The molecule has 3 amide bonds. The summed E-state index contributed by atoms with van der Waals surface area (Å²) in [6, 6.07) is 8.87. The van der Waals surface area contributed by atoms with Crippen LogP contribution in [0.15, 0.2) is 24.3 Å². The number of imide groups is 1. The van der Waals surface area contributed by atoms with Crippen molar-refractivity contribution in [3.63, 3.8) is 0 Å². The lowest BCUT2D eigenvalue weighted by Crippen LogP contribution is -2.55. The van der Waals surface area contributed by atoms with E-state index in [1.807, 2.05) is 37.8 Å². The molecule has 1 aromatic rings. The molecule has 0 bridgehead atoms. The number of hydrogen-bond donors (Lipinski definition) is 1. The van der Waals surface area contributed by atoms with Crippen molar-refractivity contribution >= 4 is 17.9 Å². The van der Waals surface area contributed by atoms with E-state index >= 15 is 0 Å². The molecule has 0 spiro atoms. The molecule has 0 aromatic heterocycles. The second kappa shape index (κ2) is 8.61. The Kier molecular flexibility index (Phi) is 6.06. The zero-order valence-electron chi connectivity index (χ0n) is 18.7. The third-order valence-electron chi connectivity index (χ3n) is 6.59. The van der Waals surface area contributed by atoms with E-state index < -0.39 is 5.60 Å². The Morgan fingerprint density at radius 3 is 2.19 bits per heavy atom. The molecular formula is C24H33N3O4. The lowest BCUT2D eigenvalue weighted by Gasteiger charge is -2.47. The number of likely N-dealkylation sites (tertiary alicyclic amines) is 2. The fourth-order valence-corrected chi connectivity index (χ4v) is 4.77. The summed E-state index contributed by atoms with van der Waals surface area (Å²) in [7, 11) is 0. The Bertz CT molecular complexity index is 831. The van der Waals surface area contributed by atoms with Gasteiger partial charge in [-0.1, -0.05) is 24.3 Å². The standard InChI is InChI=1S/C24H33N3O4/c1-24(2,3)31-23(30)26-12-10-19(11-13-26)27-14-18(15-27)16-4-6-17(7-5-16)20-8-9-21(28)25-22(20)29/h4-7,18-20H,8-15H2,1-3H3,(H,25,28,29). The number of carbonyl (C=O) groups excluding carboxylic acids is 3. The Labute approximate surface area is 184 Å². The van der Waals surface area contributed by atoms with Gasteiger partial charge in [-0.2, -0.15) is 0 Å². The zero-order valence-corrected chi connectivity index (χ0v) is 18.7. The molecule has 3 fully saturated rings. The van der Waals surface area contributed by atoms with Gasteiger partial charge in [-0.15, -0.1) is 0 Å². The molecule has 31 heavy (non-hydrogen) atoms. The van der Waals surface area contributed by atoms with Gasteiger partial charge in [0.15, 0.2) is 0 Å². The van der Waals surface area contributed by atoms with Crippen molar-refractivity contribution in [1.29, 1.82) is 0 Å². The highest BCUT2D eigenvalue weighted by molar-refractivity contribution is 6.00. The summed E-state index contributed by atoms with van der Waals surface area (Å²) < 4.78 is 5.49. The monoisotopic (exact) mass is 427 g/mol. The van der Waals surface area contributed by atoms with Crippen molar-refractivity contribution in [2.24, 2.45) is 0 Å². The SMILES string of the molecule is CC(C)(C)OC(=O)N1CCC(N2CC(c3ccc(C4CCC(=O)NC4=O)cc3)C2)CC1. The van der Waals surface area contributed by atoms with Crippen LogP contribution >= 0.6 is 0 Å². The van der Waals surface area contributed by atoms with Gasteiger partial charge < -0.3 is 9.64 Å². The second-order valence-electron chi connectivity index (χ2n) is 10.0. The number of ether oxygens (including phenoxy) is 1. The molecule has 1 N–H and O–H groups in total. The average molecular weight is 428 g/mol. The minimum Gasteiger partial charge on any atom is -0.444 e. The van der Waals surface area contributed by atoms with Gasteiger partial charge in [-0.25, -0.2) is 4.79 Å². The molecule has 1 atom stereocenters. The molecule has 3 aliphatic rings. The molecule has 1 aromatic carbocycles. The molecule has 0 radical (unpaired) electrons. The predicted octanol–water partition coefficient (Wildman–Crippen LogP) is 3.01. The summed E-state index contributed by atoms with van der Waals surface area (Å²) in [4.78, 5) is 40.0. The maximum absolute atomic E-state index is 12.2. The second-order valence-corrected chi connectivity index (χ2v) is 10.0. The fraction of sp³-hybridized carbons (Fsp3) is 0.625. The van der Waals surface area contributed by atoms with E-state index in [0.29, 0.717) is 24.8 Å². The minimum atomic E-state index is -0.452. The van der Waals surface area contributed by atoms with E-state index in [9.17, 15) is 14.4 Å². The van der Waals surface area contributed by atoms with Crippen molar-refractivity contribution in [2.45, 2.75) is 69.9 Å². The van der Waals surface area contributed by atoms with Crippen LogP contribution in [0.1, 0.15) is 69.4 Å². The molecule has 3 saturated heterocycles. The molecule has 0 aliphatic carbocycles. The lowest BCUT2D eigenvalue weighted by molar-refractivity contribution is -0.134. The summed E-state index contributed by atoms with van der Waals surface area (Å²) in [5, 5.41) is 2.43. The van der Waals surface area contributed by atoms with Crippen LogP contribution in [0.25, 0.3) is 0 Å². The molecule has 3 heterocycles. The van der Waals surface area contributed by atoms with Crippen molar-refractivity contribution in [1.82, 2.24) is 15.1 Å². The van der Waals surface area contributed by atoms with Crippen molar-refractivity contribution < 1.29 is 19.1 Å². The van der Waals surface area contributed by atoms with Crippen LogP contribution < -0.4 is 5.32 Å². The summed E-state index contributed by atoms with van der Waals surface area (Å²) in [6.45, 7) is 9.27. The average Bonchev–Trinajstić information content (AvgIpc) is 2.67.